The van der Waals surface area contributed by atoms with Gasteiger partial charge in [0.05, 0.1) is 6.20 Å². The molecular weight excluding hydrogens is 254 g/mol. The van der Waals surface area contributed by atoms with Gasteiger partial charge < -0.3 is 5.32 Å². The van der Waals surface area contributed by atoms with Crippen LogP contribution in [0.4, 0.5) is 0 Å². The smallest absolute Gasteiger partial charge is 0.106 e. The van der Waals surface area contributed by atoms with Crippen molar-refractivity contribution in [2.75, 3.05) is 13.1 Å². The maximum absolute atomic E-state index is 4.35. The third kappa shape index (κ3) is 2.82. The van der Waals surface area contributed by atoms with E-state index in [4.69, 9.17) is 0 Å². The fourth-order valence-electron chi connectivity index (χ4n) is 2.09. The van der Waals surface area contributed by atoms with Crippen LogP contribution >= 0.6 is 15.9 Å². The summed E-state index contributed by atoms with van der Waals surface area (Å²) < 4.78 is 3.19. The molecule has 4 heteroatoms. The van der Waals surface area contributed by atoms with Gasteiger partial charge >= 0.3 is 0 Å². The Morgan fingerprint density at radius 1 is 1.67 bits per heavy atom. The number of piperidine rings is 1. The zero-order valence-corrected chi connectivity index (χ0v) is 10.8. The van der Waals surface area contributed by atoms with Gasteiger partial charge in [-0.05, 0) is 61.1 Å². The third-order valence-corrected chi connectivity index (χ3v) is 4.13. The summed E-state index contributed by atoms with van der Waals surface area (Å²) in [6.45, 7) is 5.48. The first-order valence-corrected chi connectivity index (χ1v) is 6.45. The van der Waals surface area contributed by atoms with Gasteiger partial charge in [-0.2, -0.15) is 5.10 Å². The van der Waals surface area contributed by atoms with Crippen LogP contribution in [0.2, 0.25) is 0 Å². The van der Waals surface area contributed by atoms with E-state index in [0.29, 0.717) is 0 Å². The van der Waals surface area contributed by atoms with Gasteiger partial charge in [-0.3, -0.25) is 4.68 Å². The SMILES string of the molecule is Cc1cnn(CCC2CCCNC2)c1Br. The molecule has 1 aliphatic rings. The fourth-order valence-corrected chi connectivity index (χ4v) is 2.47. The van der Waals surface area contributed by atoms with Crippen LogP contribution in [0, 0.1) is 12.8 Å². The number of hydrogen-bond donors (Lipinski definition) is 1. The summed E-state index contributed by atoms with van der Waals surface area (Å²) in [4.78, 5) is 0. The Balaban J connectivity index is 1.84. The van der Waals surface area contributed by atoms with E-state index in [2.05, 4.69) is 38.0 Å². The number of rotatable bonds is 3. The van der Waals surface area contributed by atoms with Crippen molar-refractivity contribution in [2.45, 2.75) is 32.7 Å². The second-order valence-corrected chi connectivity index (χ2v) is 5.09. The van der Waals surface area contributed by atoms with E-state index in [-0.39, 0.29) is 0 Å². The standard InChI is InChI=1S/C11H18BrN3/c1-9-7-14-15(11(9)12)6-4-10-3-2-5-13-8-10/h7,10,13H,2-6,8H2,1H3. The molecule has 1 fully saturated rings. The van der Waals surface area contributed by atoms with Crippen molar-refractivity contribution in [2.24, 2.45) is 5.92 Å². The minimum absolute atomic E-state index is 0.829. The Morgan fingerprint density at radius 3 is 3.13 bits per heavy atom. The number of nitrogens with one attached hydrogen (secondary N) is 1. The first-order chi connectivity index (χ1) is 7.27. The van der Waals surface area contributed by atoms with E-state index in [0.717, 1.165) is 17.1 Å². The summed E-state index contributed by atoms with van der Waals surface area (Å²) in [6, 6.07) is 0. The van der Waals surface area contributed by atoms with Gasteiger partial charge in [0, 0.05) is 12.1 Å². The molecule has 0 amide bonds. The van der Waals surface area contributed by atoms with Crippen molar-refractivity contribution in [3.63, 3.8) is 0 Å². The van der Waals surface area contributed by atoms with E-state index < -0.39 is 0 Å². The Hall–Kier alpha value is -0.350. The van der Waals surface area contributed by atoms with Crippen LogP contribution in [0.5, 0.6) is 0 Å². The Kier molecular flexibility index (Phi) is 3.81. The molecule has 84 valence electrons. The zero-order chi connectivity index (χ0) is 10.7. The number of aromatic nitrogens is 2. The second-order valence-electron chi connectivity index (χ2n) is 4.34. The van der Waals surface area contributed by atoms with E-state index in [1.807, 2.05) is 6.20 Å². The first kappa shape index (κ1) is 11.1. The molecule has 1 unspecified atom stereocenters. The van der Waals surface area contributed by atoms with Gasteiger partial charge in [0.15, 0.2) is 0 Å². The predicted octanol–water partition coefficient (Wildman–Crippen LogP) is 2.34. The highest BCUT2D eigenvalue weighted by Crippen LogP contribution is 2.19. The normalized spacial score (nSPS) is 21.9. The van der Waals surface area contributed by atoms with Crippen LogP contribution in [-0.4, -0.2) is 22.9 Å². The second kappa shape index (κ2) is 5.12. The molecule has 1 saturated heterocycles. The highest BCUT2D eigenvalue weighted by Gasteiger charge is 2.13. The van der Waals surface area contributed by atoms with Gasteiger partial charge in [-0.25, -0.2) is 0 Å². The maximum Gasteiger partial charge on any atom is 0.106 e. The third-order valence-electron chi connectivity index (χ3n) is 3.09. The number of aryl methyl sites for hydroxylation is 2. The number of hydrogen-bond acceptors (Lipinski definition) is 2. The lowest BCUT2D eigenvalue weighted by Gasteiger charge is -2.22. The summed E-state index contributed by atoms with van der Waals surface area (Å²) in [6.07, 6.45) is 5.84. The quantitative estimate of drug-likeness (QED) is 0.915. The van der Waals surface area contributed by atoms with E-state index in [1.165, 1.54) is 37.9 Å². The monoisotopic (exact) mass is 271 g/mol. The van der Waals surface area contributed by atoms with Crippen LogP contribution in [0.25, 0.3) is 0 Å². The highest BCUT2D eigenvalue weighted by atomic mass is 79.9. The average molecular weight is 272 g/mol. The summed E-state index contributed by atoms with van der Waals surface area (Å²) in [7, 11) is 0. The molecular formula is C11H18BrN3. The van der Waals surface area contributed by atoms with Crippen LogP contribution in [0.3, 0.4) is 0 Å². The number of nitrogens with zero attached hydrogens (tertiary/aromatic N) is 2. The molecule has 3 nitrogen and oxygen atoms in total. The molecule has 1 N–H and O–H groups in total. The van der Waals surface area contributed by atoms with Crippen molar-refractivity contribution in [1.82, 2.24) is 15.1 Å². The fraction of sp³-hybridized carbons (Fsp3) is 0.727. The summed E-state index contributed by atoms with van der Waals surface area (Å²) in [5, 5.41) is 7.80. The van der Waals surface area contributed by atoms with Gasteiger partial charge in [-0.15, -0.1) is 0 Å². The van der Waals surface area contributed by atoms with Crippen LogP contribution < -0.4 is 5.32 Å². The van der Waals surface area contributed by atoms with Crippen molar-refractivity contribution in [1.29, 1.82) is 0 Å². The maximum atomic E-state index is 4.35. The minimum Gasteiger partial charge on any atom is -0.316 e. The molecule has 1 atom stereocenters. The molecule has 2 heterocycles. The van der Waals surface area contributed by atoms with E-state index in [9.17, 15) is 0 Å². The lowest BCUT2D eigenvalue weighted by Crippen LogP contribution is -2.30. The molecule has 1 aliphatic heterocycles. The molecule has 0 aromatic carbocycles. The molecule has 1 aromatic heterocycles. The largest absolute Gasteiger partial charge is 0.316 e. The topological polar surface area (TPSA) is 29.9 Å². The Labute approximate surface area is 99.4 Å². The van der Waals surface area contributed by atoms with Crippen LogP contribution in [0.15, 0.2) is 10.8 Å². The van der Waals surface area contributed by atoms with Crippen molar-refractivity contribution < 1.29 is 0 Å². The first-order valence-electron chi connectivity index (χ1n) is 5.66. The Morgan fingerprint density at radius 2 is 2.53 bits per heavy atom. The molecule has 0 bridgehead atoms. The van der Waals surface area contributed by atoms with Crippen LogP contribution in [0.1, 0.15) is 24.8 Å². The van der Waals surface area contributed by atoms with Gasteiger partial charge in [-0.1, -0.05) is 0 Å². The van der Waals surface area contributed by atoms with E-state index in [1.54, 1.807) is 0 Å². The average Bonchev–Trinajstić information content (AvgIpc) is 2.59. The zero-order valence-electron chi connectivity index (χ0n) is 9.17. The van der Waals surface area contributed by atoms with Gasteiger partial charge in [0.1, 0.15) is 4.60 Å². The van der Waals surface area contributed by atoms with Crippen molar-refractivity contribution in [3.8, 4) is 0 Å². The summed E-state index contributed by atoms with van der Waals surface area (Å²) in [5.74, 6) is 0.829. The molecule has 0 spiro atoms. The lowest BCUT2D eigenvalue weighted by atomic mass is 9.96. The molecule has 0 radical (unpaired) electrons. The van der Waals surface area contributed by atoms with E-state index >= 15 is 0 Å². The van der Waals surface area contributed by atoms with Crippen molar-refractivity contribution >= 4 is 15.9 Å². The number of halogens is 1. The molecule has 15 heavy (non-hydrogen) atoms. The van der Waals surface area contributed by atoms with Gasteiger partial charge in [0.2, 0.25) is 0 Å². The predicted molar refractivity (Wildman–Crippen MR) is 64.9 cm³/mol. The van der Waals surface area contributed by atoms with Gasteiger partial charge in [0.25, 0.3) is 0 Å². The lowest BCUT2D eigenvalue weighted by molar-refractivity contribution is 0.334. The van der Waals surface area contributed by atoms with Crippen molar-refractivity contribution in [3.05, 3.63) is 16.4 Å². The molecule has 0 saturated carbocycles. The summed E-state index contributed by atoms with van der Waals surface area (Å²) >= 11 is 3.56. The molecule has 1 aromatic rings. The summed E-state index contributed by atoms with van der Waals surface area (Å²) in [5.41, 5.74) is 1.22. The Bertz CT molecular complexity index is 316. The molecule has 0 aliphatic carbocycles. The highest BCUT2D eigenvalue weighted by molar-refractivity contribution is 9.10. The minimum atomic E-state index is 0.829. The molecule has 2 rings (SSSR count). The van der Waals surface area contributed by atoms with Crippen LogP contribution in [-0.2, 0) is 6.54 Å².